The Balaban J connectivity index is 2.95. The lowest BCUT2D eigenvalue weighted by atomic mass is 9.89. The highest BCUT2D eigenvalue weighted by Gasteiger charge is 2.38. The molecule has 0 aromatic heterocycles. The monoisotopic (exact) mass is 314 g/mol. The van der Waals surface area contributed by atoms with Crippen molar-refractivity contribution >= 4 is 40.8 Å². The summed E-state index contributed by atoms with van der Waals surface area (Å²) in [7, 11) is 0. The maximum absolute atomic E-state index is 12.0. The number of fused-ring (bicyclic) bond motifs is 1. The Morgan fingerprint density at radius 1 is 0.850 bits per heavy atom. The van der Waals surface area contributed by atoms with Crippen LogP contribution in [0.2, 0.25) is 0 Å². The lowest BCUT2D eigenvalue weighted by Crippen LogP contribution is -2.18. The summed E-state index contributed by atoms with van der Waals surface area (Å²) in [6.45, 7) is 1.60. The molecule has 0 fully saturated rings. The number of carbonyl (C=O) groups excluding carboxylic acids is 2. The summed E-state index contributed by atoms with van der Waals surface area (Å²) in [4.78, 5) is 24.0. The van der Waals surface area contributed by atoms with Gasteiger partial charge in [0.1, 0.15) is 15.8 Å². The van der Waals surface area contributed by atoms with Gasteiger partial charge in [0.15, 0.2) is 11.5 Å². The molecule has 20 heavy (non-hydrogen) atoms. The summed E-state index contributed by atoms with van der Waals surface area (Å²) in [5.74, 6) is -4.03. The van der Waals surface area contributed by atoms with E-state index in [1.807, 2.05) is 0 Å². The van der Waals surface area contributed by atoms with Crippen molar-refractivity contribution in [1.29, 1.82) is 0 Å². The van der Waals surface area contributed by atoms with Crippen LogP contribution in [-0.4, -0.2) is 26.9 Å². The van der Waals surface area contributed by atoms with E-state index in [2.05, 4.69) is 0 Å². The summed E-state index contributed by atoms with van der Waals surface area (Å²) in [5.41, 5.74) is -1.23. The molecule has 0 spiro atoms. The fourth-order valence-electron chi connectivity index (χ4n) is 1.92. The minimum Gasteiger partial charge on any atom is -0.506 e. The Labute approximate surface area is 123 Å². The van der Waals surface area contributed by atoms with Crippen LogP contribution in [0.15, 0.2) is 16.1 Å². The zero-order chi connectivity index (χ0) is 15.2. The molecule has 1 aromatic rings. The largest absolute Gasteiger partial charge is 0.506 e. The summed E-state index contributed by atoms with van der Waals surface area (Å²) in [5, 5.41) is 28.6. The number of hydrogen-bond acceptors (Lipinski definition) is 5. The third-order valence-corrected chi connectivity index (χ3v) is 3.66. The van der Waals surface area contributed by atoms with E-state index in [-0.39, 0.29) is 5.56 Å². The minimum absolute atomic E-state index is 0.188. The van der Waals surface area contributed by atoms with Crippen LogP contribution in [-0.2, 0) is 0 Å². The van der Waals surface area contributed by atoms with Gasteiger partial charge < -0.3 is 15.3 Å². The molecule has 7 heteroatoms. The molecule has 0 saturated heterocycles. The van der Waals surface area contributed by atoms with E-state index >= 15 is 0 Å². The molecule has 1 aliphatic rings. The molecular formula is C13H8Cl2O5. The second kappa shape index (κ2) is 4.85. The predicted octanol–water partition coefficient (Wildman–Crippen LogP) is 2.90. The average molecular weight is 315 g/mol. The van der Waals surface area contributed by atoms with Gasteiger partial charge in [-0.25, -0.2) is 0 Å². The lowest BCUT2D eigenvalue weighted by molar-refractivity contribution is 0.0981. The molecule has 3 N–H and O–H groups in total. The Morgan fingerprint density at radius 2 is 1.30 bits per heavy atom. The van der Waals surface area contributed by atoms with Crippen LogP contribution >= 0.6 is 23.2 Å². The summed E-state index contributed by atoms with van der Waals surface area (Å²) in [6.07, 6.45) is 2.75. The highest BCUT2D eigenvalue weighted by atomic mass is 35.5. The van der Waals surface area contributed by atoms with Gasteiger partial charge in [0.2, 0.25) is 11.6 Å². The number of carbonyl (C=O) groups is 2. The van der Waals surface area contributed by atoms with Crippen LogP contribution in [0.4, 0.5) is 0 Å². The minimum atomic E-state index is -0.943. The van der Waals surface area contributed by atoms with Crippen molar-refractivity contribution in [3.63, 3.8) is 0 Å². The van der Waals surface area contributed by atoms with Crippen LogP contribution in [0, 0.1) is 0 Å². The molecule has 1 aliphatic carbocycles. The van der Waals surface area contributed by atoms with Gasteiger partial charge in [-0.05, 0) is 6.92 Å². The predicted molar refractivity (Wildman–Crippen MR) is 73.5 cm³/mol. The molecule has 0 atom stereocenters. The average Bonchev–Trinajstić information content (AvgIpc) is 2.42. The second-order valence-electron chi connectivity index (χ2n) is 4.00. The molecule has 0 aliphatic heterocycles. The Kier molecular flexibility index (Phi) is 3.50. The maximum atomic E-state index is 12.0. The molecule has 5 nitrogen and oxygen atoms in total. The summed E-state index contributed by atoms with van der Waals surface area (Å²) < 4.78 is 0. The SMILES string of the molecule is C/C=C/c1c(O)c(O)c2c(c1O)C(=O)C(Cl)=C(Cl)C2=O. The van der Waals surface area contributed by atoms with E-state index < -0.39 is 50.0 Å². The topological polar surface area (TPSA) is 94.8 Å². The van der Waals surface area contributed by atoms with E-state index in [1.54, 1.807) is 6.92 Å². The highest BCUT2D eigenvalue weighted by Crippen LogP contribution is 2.47. The zero-order valence-corrected chi connectivity index (χ0v) is 11.6. The molecule has 104 valence electrons. The van der Waals surface area contributed by atoms with Gasteiger partial charge in [-0.1, -0.05) is 35.4 Å². The number of phenols is 3. The van der Waals surface area contributed by atoms with Gasteiger partial charge in [0.25, 0.3) is 0 Å². The number of Topliss-reactive ketones (excluding diaryl/α,β-unsaturated/α-hetero) is 2. The van der Waals surface area contributed by atoms with E-state index in [0.717, 1.165) is 0 Å². The van der Waals surface area contributed by atoms with Crippen molar-refractivity contribution in [3.8, 4) is 17.2 Å². The number of allylic oxidation sites excluding steroid dienone is 3. The number of phenolic OH excluding ortho intramolecular Hbond substituents is 3. The number of benzene rings is 1. The summed E-state index contributed by atoms with van der Waals surface area (Å²) >= 11 is 11.2. The van der Waals surface area contributed by atoms with Crippen molar-refractivity contribution in [1.82, 2.24) is 0 Å². The van der Waals surface area contributed by atoms with E-state index in [0.29, 0.717) is 0 Å². The van der Waals surface area contributed by atoms with Crippen molar-refractivity contribution in [2.45, 2.75) is 6.92 Å². The molecule has 0 radical (unpaired) electrons. The molecule has 0 heterocycles. The maximum Gasteiger partial charge on any atom is 0.210 e. The fourth-order valence-corrected chi connectivity index (χ4v) is 2.28. The first-order valence-corrected chi connectivity index (χ1v) is 6.16. The van der Waals surface area contributed by atoms with E-state index in [4.69, 9.17) is 23.2 Å². The first kappa shape index (κ1) is 14.4. The quantitative estimate of drug-likeness (QED) is 0.547. The summed E-state index contributed by atoms with van der Waals surface area (Å²) in [6, 6.07) is 0. The van der Waals surface area contributed by atoms with Crippen LogP contribution < -0.4 is 0 Å². The molecule has 1 aromatic carbocycles. The number of ketones is 2. The normalized spacial score (nSPS) is 15.2. The molecule has 0 amide bonds. The van der Waals surface area contributed by atoms with Gasteiger partial charge in [0.05, 0.1) is 16.7 Å². The zero-order valence-electron chi connectivity index (χ0n) is 10.1. The Bertz CT molecular complexity index is 716. The van der Waals surface area contributed by atoms with Crippen LogP contribution in [0.1, 0.15) is 33.2 Å². The first-order chi connectivity index (χ1) is 9.32. The molecule has 0 unspecified atom stereocenters. The highest BCUT2D eigenvalue weighted by molar-refractivity contribution is 6.59. The van der Waals surface area contributed by atoms with Crippen LogP contribution in [0.5, 0.6) is 17.2 Å². The molecular weight excluding hydrogens is 307 g/mol. The Hall–Kier alpha value is -1.98. The standard InChI is InChI=1S/C13H8Cl2O5/c1-2-3-4-9(16)5-6(13(20)10(4)17)12(19)8(15)7(14)11(5)18/h2-3,16-17,20H,1H3/b3-2+. The smallest absolute Gasteiger partial charge is 0.210 e. The first-order valence-electron chi connectivity index (χ1n) is 5.41. The van der Waals surface area contributed by atoms with E-state index in [9.17, 15) is 24.9 Å². The van der Waals surface area contributed by atoms with Gasteiger partial charge in [-0.15, -0.1) is 0 Å². The third kappa shape index (κ3) is 1.78. The van der Waals surface area contributed by atoms with Crippen molar-refractivity contribution in [3.05, 3.63) is 32.8 Å². The Morgan fingerprint density at radius 3 is 1.75 bits per heavy atom. The lowest BCUT2D eigenvalue weighted by Gasteiger charge is -2.19. The van der Waals surface area contributed by atoms with Crippen molar-refractivity contribution in [2.24, 2.45) is 0 Å². The van der Waals surface area contributed by atoms with Gasteiger partial charge in [-0.3, -0.25) is 9.59 Å². The van der Waals surface area contributed by atoms with E-state index in [1.165, 1.54) is 12.2 Å². The van der Waals surface area contributed by atoms with Crippen molar-refractivity contribution in [2.75, 3.05) is 0 Å². The molecule has 0 saturated carbocycles. The molecule has 0 bridgehead atoms. The van der Waals surface area contributed by atoms with Crippen molar-refractivity contribution < 1.29 is 24.9 Å². The van der Waals surface area contributed by atoms with Crippen LogP contribution in [0.25, 0.3) is 6.08 Å². The van der Waals surface area contributed by atoms with Crippen LogP contribution in [0.3, 0.4) is 0 Å². The number of aromatic hydroxyl groups is 3. The second-order valence-corrected chi connectivity index (χ2v) is 4.75. The fraction of sp³-hybridized carbons (Fsp3) is 0.0769. The number of rotatable bonds is 1. The third-order valence-electron chi connectivity index (χ3n) is 2.84. The molecule has 2 rings (SSSR count). The number of hydrogen-bond donors (Lipinski definition) is 3. The number of halogens is 2. The van der Waals surface area contributed by atoms with Gasteiger partial charge >= 0.3 is 0 Å². The van der Waals surface area contributed by atoms with Gasteiger partial charge in [0, 0.05) is 0 Å². The van der Waals surface area contributed by atoms with Gasteiger partial charge in [-0.2, -0.15) is 0 Å².